The minimum Gasteiger partial charge on any atom is -0.316 e. The van der Waals surface area contributed by atoms with E-state index < -0.39 is 0 Å². The standard InChI is InChI=1S/C16H24N2/c1-2-16(7-8-16)12-18-11-14-10-17-9-13-5-3-4-6-15(13)14/h3-6,14,17-18H,2,7-12H2,1H3. The van der Waals surface area contributed by atoms with Crippen molar-refractivity contribution in [2.24, 2.45) is 5.41 Å². The van der Waals surface area contributed by atoms with Crippen LogP contribution in [0.3, 0.4) is 0 Å². The highest BCUT2D eigenvalue weighted by Crippen LogP contribution is 2.47. The third-order valence-electron chi connectivity index (χ3n) is 4.80. The van der Waals surface area contributed by atoms with Gasteiger partial charge in [-0.3, -0.25) is 0 Å². The largest absolute Gasteiger partial charge is 0.316 e. The molecule has 0 saturated heterocycles. The van der Waals surface area contributed by atoms with Gasteiger partial charge in [-0.15, -0.1) is 0 Å². The lowest BCUT2D eigenvalue weighted by Crippen LogP contribution is -2.36. The van der Waals surface area contributed by atoms with Crippen molar-refractivity contribution in [3.8, 4) is 0 Å². The molecule has 1 heterocycles. The maximum atomic E-state index is 3.71. The highest BCUT2D eigenvalue weighted by molar-refractivity contribution is 5.32. The lowest BCUT2D eigenvalue weighted by Gasteiger charge is -2.27. The van der Waals surface area contributed by atoms with Gasteiger partial charge in [0.1, 0.15) is 0 Å². The molecular weight excluding hydrogens is 220 g/mol. The molecule has 1 fully saturated rings. The molecule has 1 saturated carbocycles. The molecule has 2 nitrogen and oxygen atoms in total. The van der Waals surface area contributed by atoms with Crippen LogP contribution in [0, 0.1) is 5.41 Å². The predicted molar refractivity (Wildman–Crippen MR) is 75.7 cm³/mol. The summed E-state index contributed by atoms with van der Waals surface area (Å²) in [7, 11) is 0. The van der Waals surface area contributed by atoms with Gasteiger partial charge in [0.2, 0.25) is 0 Å². The van der Waals surface area contributed by atoms with Crippen molar-refractivity contribution >= 4 is 0 Å². The molecule has 0 spiro atoms. The zero-order valence-electron chi connectivity index (χ0n) is 11.3. The molecule has 3 rings (SSSR count). The first kappa shape index (κ1) is 12.2. The van der Waals surface area contributed by atoms with E-state index in [-0.39, 0.29) is 0 Å². The van der Waals surface area contributed by atoms with Crippen molar-refractivity contribution in [1.29, 1.82) is 0 Å². The summed E-state index contributed by atoms with van der Waals surface area (Å²) in [5.74, 6) is 0.641. The van der Waals surface area contributed by atoms with Gasteiger partial charge in [-0.05, 0) is 35.8 Å². The van der Waals surface area contributed by atoms with Gasteiger partial charge in [-0.2, -0.15) is 0 Å². The molecule has 98 valence electrons. The van der Waals surface area contributed by atoms with E-state index >= 15 is 0 Å². The van der Waals surface area contributed by atoms with Gasteiger partial charge >= 0.3 is 0 Å². The van der Waals surface area contributed by atoms with Crippen LogP contribution < -0.4 is 10.6 Å². The number of hydrogen-bond acceptors (Lipinski definition) is 2. The molecule has 1 unspecified atom stereocenters. The van der Waals surface area contributed by atoms with Gasteiger partial charge in [0, 0.05) is 32.1 Å². The van der Waals surface area contributed by atoms with E-state index in [9.17, 15) is 0 Å². The number of rotatable bonds is 5. The maximum absolute atomic E-state index is 3.71. The number of fused-ring (bicyclic) bond motifs is 1. The van der Waals surface area contributed by atoms with Gasteiger partial charge < -0.3 is 10.6 Å². The van der Waals surface area contributed by atoms with E-state index in [1.807, 2.05) is 0 Å². The molecule has 18 heavy (non-hydrogen) atoms. The summed E-state index contributed by atoms with van der Waals surface area (Å²) < 4.78 is 0. The summed E-state index contributed by atoms with van der Waals surface area (Å²) in [4.78, 5) is 0. The topological polar surface area (TPSA) is 24.1 Å². The van der Waals surface area contributed by atoms with Crippen molar-refractivity contribution in [3.63, 3.8) is 0 Å². The smallest absolute Gasteiger partial charge is 0.0208 e. The van der Waals surface area contributed by atoms with Crippen LogP contribution in [0.25, 0.3) is 0 Å². The molecule has 0 aromatic heterocycles. The highest BCUT2D eigenvalue weighted by atomic mass is 14.9. The summed E-state index contributed by atoms with van der Waals surface area (Å²) in [6.45, 7) is 6.80. The van der Waals surface area contributed by atoms with Gasteiger partial charge in [-0.25, -0.2) is 0 Å². The van der Waals surface area contributed by atoms with E-state index in [1.165, 1.54) is 31.4 Å². The van der Waals surface area contributed by atoms with Gasteiger partial charge in [0.15, 0.2) is 0 Å². The first-order valence-corrected chi connectivity index (χ1v) is 7.32. The van der Waals surface area contributed by atoms with E-state index in [0.29, 0.717) is 11.3 Å². The SMILES string of the molecule is CCC1(CNCC2CNCc3ccccc32)CC1. The third kappa shape index (κ3) is 2.45. The van der Waals surface area contributed by atoms with Crippen molar-refractivity contribution in [2.75, 3.05) is 19.6 Å². The monoisotopic (exact) mass is 244 g/mol. The minimum absolute atomic E-state index is 0.641. The first-order chi connectivity index (χ1) is 8.83. The van der Waals surface area contributed by atoms with Gasteiger partial charge in [0.05, 0.1) is 0 Å². The molecule has 1 aliphatic carbocycles. The fourth-order valence-corrected chi connectivity index (χ4v) is 3.11. The molecule has 0 bridgehead atoms. The van der Waals surface area contributed by atoms with Crippen LogP contribution in [0.1, 0.15) is 43.2 Å². The quantitative estimate of drug-likeness (QED) is 0.832. The highest BCUT2D eigenvalue weighted by Gasteiger charge is 2.40. The fraction of sp³-hybridized carbons (Fsp3) is 0.625. The Morgan fingerprint density at radius 2 is 2.17 bits per heavy atom. The Hall–Kier alpha value is -0.860. The Morgan fingerprint density at radius 1 is 1.33 bits per heavy atom. The minimum atomic E-state index is 0.641. The Labute approximate surface area is 110 Å². The second kappa shape index (κ2) is 5.02. The van der Waals surface area contributed by atoms with E-state index in [2.05, 4.69) is 41.8 Å². The molecule has 1 atom stereocenters. The van der Waals surface area contributed by atoms with Crippen LogP contribution in [0.5, 0.6) is 0 Å². The maximum Gasteiger partial charge on any atom is 0.0208 e. The number of nitrogens with one attached hydrogen (secondary N) is 2. The second-order valence-corrected chi connectivity index (χ2v) is 6.01. The first-order valence-electron chi connectivity index (χ1n) is 7.32. The Bertz CT molecular complexity index is 409. The van der Waals surface area contributed by atoms with Crippen molar-refractivity contribution in [2.45, 2.75) is 38.6 Å². The molecule has 2 heteroatoms. The van der Waals surface area contributed by atoms with Crippen molar-refractivity contribution in [3.05, 3.63) is 35.4 Å². The summed E-state index contributed by atoms with van der Waals surface area (Å²) in [5.41, 5.74) is 3.68. The number of hydrogen-bond donors (Lipinski definition) is 2. The lowest BCUT2D eigenvalue weighted by molar-refractivity contribution is 0.420. The van der Waals surface area contributed by atoms with E-state index in [0.717, 1.165) is 19.6 Å². The normalized spacial score (nSPS) is 24.6. The lowest BCUT2D eigenvalue weighted by atomic mass is 9.90. The summed E-state index contributed by atoms with van der Waals surface area (Å²) in [6, 6.07) is 8.87. The molecule has 0 radical (unpaired) electrons. The molecule has 1 aromatic rings. The number of benzene rings is 1. The molecule has 1 aliphatic heterocycles. The summed E-state index contributed by atoms with van der Waals surface area (Å²) in [5, 5.41) is 7.24. The van der Waals surface area contributed by atoms with Crippen LogP contribution >= 0.6 is 0 Å². The van der Waals surface area contributed by atoms with Crippen LogP contribution in [0.2, 0.25) is 0 Å². The van der Waals surface area contributed by atoms with Crippen LogP contribution in [-0.4, -0.2) is 19.6 Å². The zero-order valence-corrected chi connectivity index (χ0v) is 11.3. The Morgan fingerprint density at radius 3 is 2.94 bits per heavy atom. The fourth-order valence-electron chi connectivity index (χ4n) is 3.11. The third-order valence-corrected chi connectivity index (χ3v) is 4.80. The molecule has 0 amide bonds. The Kier molecular flexibility index (Phi) is 3.40. The second-order valence-electron chi connectivity index (χ2n) is 6.01. The average molecular weight is 244 g/mol. The Balaban J connectivity index is 1.57. The van der Waals surface area contributed by atoms with E-state index in [4.69, 9.17) is 0 Å². The molecule has 2 aliphatic rings. The average Bonchev–Trinajstić information content (AvgIpc) is 3.20. The van der Waals surface area contributed by atoms with Crippen LogP contribution in [0.15, 0.2) is 24.3 Å². The molecule has 2 N–H and O–H groups in total. The van der Waals surface area contributed by atoms with Crippen LogP contribution in [-0.2, 0) is 6.54 Å². The van der Waals surface area contributed by atoms with Gasteiger partial charge in [-0.1, -0.05) is 31.2 Å². The van der Waals surface area contributed by atoms with Crippen molar-refractivity contribution < 1.29 is 0 Å². The van der Waals surface area contributed by atoms with Crippen molar-refractivity contribution in [1.82, 2.24) is 10.6 Å². The predicted octanol–water partition coefficient (Wildman–Crippen LogP) is 2.65. The van der Waals surface area contributed by atoms with E-state index in [1.54, 1.807) is 5.56 Å². The van der Waals surface area contributed by atoms with Crippen LogP contribution in [0.4, 0.5) is 0 Å². The summed E-state index contributed by atoms with van der Waals surface area (Å²) >= 11 is 0. The summed E-state index contributed by atoms with van der Waals surface area (Å²) in [6.07, 6.45) is 4.19. The van der Waals surface area contributed by atoms with Gasteiger partial charge in [0.25, 0.3) is 0 Å². The molecule has 1 aromatic carbocycles. The zero-order chi connectivity index (χ0) is 12.4. The molecular formula is C16H24N2.